The molecule has 0 aliphatic rings. The first-order valence-electron chi connectivity index (χ1n) is 5.50. The van der Waals surface area contributed by atoms with Gasteiger partial charge >= 0.3 is 0 Å². The van der Waals surface area contributed by atoms with Crippen LogP contribution >= 0.6 is 11.3 Å². The van der Waals surface area contributed by atoms with Gasteiger partial charge in [-0.1, -0.05) is 0 Å². The van der Waals surface area contributed by atoms with E-state index in [1.807, 2.05) is 0 Å². The molecule has 2 heterocycles. The van der Waals surface area contributed by atoms with Gasteiger partial charge in [-0.05, 0) is 11.4 Å². The van der Waals surface area contributed by atoms with Crippen molar-refractivity contribution >= 4 is 21.4 Å². The van der Waals surface area contributed by atoms with E-state index in [9.17, 15) is 8.42 Å². The van der Waals surface area contributed by atoms with Crippen LogP contribution in [0.3, 0.4) is 0 Å². The lowest BCUT2D eigenvalue weighted by molar-refractivity contribution is 0.402. The molecular formula is C11H15N3O3S2. The van der Waals surface area contributed by atoms with Crippen molar-refractivity contribution in [3.63, 3.8) is 0 Å². The van der Waals surface area contributed by atoms with Crippen LogP contribution in [0.2, 0.25) is 0 Å². The molecule has 104 valence electrons. The van der Waals surface area contributed by atoms with Gasteiger partial charge in [0.2, 0.25) is 0 Å². The molecule has 0 saturated carbocycles. The topological polar surface area (TPSA) is 64.4 Å². The number of hydrogen-bond donors (Lipinski definition) is 0. The summed E-state index contributed by atoms with van der Waals surface area (Å²) in [5.74, 6) is 0.378. The number of aromatic nitrogens is 2. The van der Waals surface area contributed by atoms with E-state index in [4.69, 9.17) is 4.74 Å². The number of methoxy groups -OCH3 is 1. The predicted molar refractivity (Wildman–Crippen MR) is 72.7 cm³/mol. The fraction of sp³-hybridized carbons (Fsp3) is 0.364. The third-order valence-electron chi connectivity index (χ3n) is 2.62. The van der Waals surface area contributed by atoms with Crippen molar-refractivity contribution < 1.29 is 13.2 Å². The zero-order chi connectivity index (χ0) is 14.0. The highest BCUT2D eigenvalue weighted by molar-refractivity contribution is 7.91. The van der Waals surface area contributed by atoms with E-state index in [1.54, 1.807) is 42.6 Å². The predicted octanol–water partition coefficient (Wildman–Crippen LogP) is 1.31. The highest BCUT2D eigenvalue weighted by atomic mass is 32.2. The van der Waals surface area contributed by atoms with Gasteiger partial charge in [0.1, 0.15) is 5.75 Å². The Kier molecular flexibility index (Phi) is 3.93. The van der Waals surface area contributed by atoms with Crippen LogP contribution < -0.4 is 4.74 Å². The second-order valence-corrected chi connectivity index (χ2v) is 7.22. The molecule has 0 amide bonds. The molecule has 0 saturated heterocycles. The van der Waals surface area contributed by atoms with Crippen molar-refractivity contribution in [2.45, 2.75) is 10.8 Å². The Balaban J connectivity index is 2.24. The smallest absolute Gasteiger partial charge is 0.256 e. The van der Waals surface area contributed by atoms with Crippen LogP contribution in [0.15, 0.2) is 28.0 Å². The van der Waals surface area contributed by atoms with Crippen molar-refractivity contribution in [1.29, 1.82) is 0 Å². The van der Waals surface area contributed by atoms with Crippen LogP contribution in [-0.2, 0) is 23.6 Å². The number of rotatable bonds is 5. The maximum absolute atomic E-state index is 12.4. The lowest BCUT2D eigenvalue weighted by atomic mass is 10.4. The lowest BCUT2D eigenvalue weighted by Crippen LogP contribution is -2.26. The summed E-state index contributed by atoms with van der Waals surface area (Å²) in [4.78, 5) is 0. The summed E-state index contributed by atoms with van der Waals surface area (Å²) in [7, 11) is 1.26. The number of hydrogen-bond acceptors (Lipinski definition) is 5. The van der Waals surface area contributed by atoms with Crippen molar-refractivity contribution in [1.82, 2.24) is 14.1 Å². The lowest BCUT2D eigenvalue weighted by Gasteiger charge is -2.15. The van der Waals surface area contributed by atoms with E-state index in [-0.39, 0.29) is 10.8 Å². The largest absolute Gasteiger partial charge is 0.494 e. The first kappa shape index (κ1) is 14.0. The van der Waals surface area contributed by atoms with Crippen molar-refractivity contribution in [3.05, 3.63) is 29.4 Å². The minimum atomic E-state index is -3.54. The van der Waals surface area contributed by atoms with E-state index >= 15 is 0 Å². The Hall–Kier alpha value is -1.38. The molecule has 0 radical (unpaired) electrons. The summed E-state index contributed by atoms with van der Waals surface area (Å²) in [6.07, 6.45) is 3.44. The third-order valence-corrected chi connectivity index (χ3v) is 5.85. The van der Waals surface area contributed by atoms with Gasteiger partial charge in [0, 0.05) is 32.4 Å². The monoisotopic (exact) mass is 301 g/mol. The molecule has 0 aliphatic carbocycles. The van der Waals surface area contributed by atoms with Gasteiger partial charge < -0.3 is 4.74 Å². The summed E-state index contributed by atoms with van der Waals surface area (Å²) in [6, 6.07) is 1.65. The Labute approximate surface area is 116 Å². The molecule has 2 rings (SSSR count). The quantitative estimate of drug-likeness (QED) is 0.835. The second-order valence-electron chi connectivity index (χ2n) is 4.06. The fourth-order valence-corrected chi connectivity index (χ4v) is 4.29. The maximum atomic E-state index is 12.4. The highest BCUT2D eigenvalue weighted by Crippen LogP contribution is 2.31. The van der Waals surface area contributed by atoms with Gasteiger partial charge in [-0.3, -0.25) is 4.68 Å². The van der Waals surface area contributed by atoms with E-state index in [2.05, 4.69) is 5.10 Å². The SMILES string of the molecule is COc1ccsc1S(=O)(=O)N(C)Cc1cnn(C)c1. The average Bonchev–Trinajstić information content (AvgIpc) is 2.97. The van der Waals surface area contributed by atoms with Crippen molar-refractivity contribution in [3.8, 4) is 5.75 Å². The van der Waals surface area contributed by atoms with E-state index in [1.165, 1.54) is 11.4 Å². The van der Waals surface area contributed by atoms with E-state index in [0.717, 1.165) is 16.9 Å². The van der Waals surface area contributed by atoms with Gasteiger partial charge in [0.25, 0.3) is 10.0 Å². The minimum Gasteiger partial charge on any atom is -0.494 e. The zero-order valence-corrected chi connectivity index (χ0v) is 12.5. The van der Waals surface area contributed by atoms with Gasteiger partial charge in [0.15, 0.2) is 4.21 Å². The van der Waals surface area contributed by atoms with Crippen LogP contribution in [0, 0.1) is 0 Å². The molecule has 0 atom stereocenters. The van der Waals surface area contributed by atoms with Gasteiger partial charge in [-0.25, -0.2) is 8.42 Å². The molecule has 0 N–H and O–H groups in total. The molecule has 0 spiro atoms. The Morgan fingerprint density at radius 3 is 2.84 bits per heavy atom. The van der Waals surface area contributed by atoms with Crippen LogP contribution in [0.25, 0.3) is 0 Å². The fourth-order valence-electron chi connectivity index (χ4n) is 1.66. The second kappa shape index (κ2) is 5.32. The molecule has 0 fully saturated rings. The summed E-state index contributed by atoms with van der Waals surface area (Å²) >= 11 is 1.15. The molecule has 8 heteroatoms. The van der Waals surface area contributed by atoms with Crippen LogP contribution in [0.4, 0.5) is 0 Å². The first-order valence-corrected chi connectivity index (χ1v) is 7.82. The average molecular weight is 301 g/mol. The molecule has 19 heavy (non-hydrogen) atoms. The molecule has 0 aliphatic heterocycles. The molecule has 2 aromatic rings. The molecular weight excluding hydrogens is 286 g/mol. The standard InChI is InChI=1S/C11H15N3O3S2/c1-13-7-9(6-12-13)8-14(2)19(15,16)11-10(17-3)4-5-18-11/h4-7H,8H2,1-3H3. The number of thiophene rings is 1. The van der Waals surface area contributed by atoms with Crippen LogP contribution in [0.5, 0.6) is 5.75 Å². The summed E-state index contributed by atoms with van der Waals surface area (Å²) in [5.41, 5.74) is 0.837. The summed E-state index contributed by atoms with van der Waals surface area (Å²) in [6.45, 7) is 0.275. The maximum Gasteiger partial charge on any atom is 0.256 e. The zero-order valence-electron chi connectivity index (χ0n) is 10.9. The highest BCUT2D eigenvalue weighted by Gasteiger charge is 2.26. The van der Waals surface area contributed by atoms with Crippen molar-refractivity contribution in [2.75, 3.05) is 14.2 Å². The van der Waals surface area contributed by atoms with Gasteiger partial charge in [0.05, 0.1) is 13.3 Å². The Morgan fingerprint density at radius 1 is 1.53 bits per heavy atom. The Bertz CT molecular complexity index is 660. The number of aryl methyl sites for hydroxylation is 1. The summed E-state index contributed by atoms with van der Waals surface area (Å²) in [5, 5.41) is 5.72. The van der Waals surface area contributed by atoms with Crippen molar-refractivity contribution in [2.24, 2.45) is 7.05 Å². The first-order chi connectivity index (χ1) is 8.95. The van der Waals surface area contributed by atoms with Gasteiger partial charge in [-0.15, -0.1) is 11.3 Å². The molecule has 2 aromatic heterocycles. The van der Waals surface area contributed by atoms with Crippen LogP contribution in [0.1, 0.15) is 5.56 Å². The van der Waals surface area contributed by atoms with Crippen LogP contribution in [-0.4, -0.2) is 36.7 Å². The number of ether oxygens (including phenoxy) is 1. The van der Waals surface area contributed by atoms with E-state index in [0.29, 0.717) is 5.75 Å². The molecule has 0 aromatic carbocycles. The Morgan fingerprint density at radius 2 is 2.26 bits per heavy atom. The molecule has 0 unspecified atom stereocenters. The number of sulfonamides is 1. The third kappa shape index (κ3) is 2.80. The number of nitrogens with zero attached hydrogens (tertiary/aromatic N) is 3. The summed E-state index contributed by atoms with van der Waals surface area (Å²) < 4.78 is 33.0. The molecule has 0 bridgehead atoms. The normalized spacial score (nSPS) is 12.0. The van der Waals surface area contributed by atoms with E-state index < -0.39 is 10.0 Å². The minimum absolute atomic E-state index is 0.224. The molecule has 6 nitrogen and oxygen atoms in total. The van der Waals surface area contributed by atoms with Gasteiger partial charge in [-0.2, -0.15) is 9.40 Å².